The van der Waals surface area contributed by atoms with Crippen molar-refractivity contribution in [3.63, 3.8) is 0 Å². The molecule has 3 aliphatic rings. The average molecular weight is 462 g/mol. The van der Waals surface area contributed by atoms with E-state index in [1.807, 2.05) is 6.07 Å². The van der Waals surface area contributed by atoms with E-state index in [0.29, 0.717) is 29.1 Å². The van der Waals surface area contributed by atoms with Crippen molar-refractivity contribution in [1.82, 2.24) is 5.32 Å². The first-order chi connectivity index (χ1) is 14.8. The number of carbonyl (C=O) groups is 2. The fourth-order valence-electron chi connectivity index (χ4n) is 6.24. The van der Waals surface area contributed by atoms with Crippen LogP contribution < -0.4 is 16.4 Å². The van der Waals surface area contributed by atoms with Crippen LogP contribution in [-0.2, 0) is 15.0 Å². The van der Waals surface area contributed by atoms with Gasteiger partial charge in [0.1, 0.15) is 11.2 Å². The molecular formula is C23H22Cl2FN3O2. The van der Waals surface area contributed by atoms with E-state index in [0.717, 1.165) is 19.3 Å². The van der Waals surface area contributed by atoms with Crippen LogP contribution in [0.5, 0.6) is 0 Å². The van der Waals surface area contributed by atoms with Gasteiger partial charge >= 0.3 is 0 Å². The molecule has 8 heteroatoms. The van der Waals surface area contributed by atoms with Gasteiger partial charge in [-0.15, -0.1) is 0 Å². The number of nitrogens with one attached hydrogen (secondary N) is 2. The molecule has 4 N–H and O–H groups in total. The lowest BCUT2D eigenvalue weighted by Gasteiger charge is -2.47. The zero-order valence-corrected chi connectivity index (χ0v) is 18.2. The average Bonchev–Trinajstić information content (AvgIpc) is 3.18. The van der Waals surface area contributed by atoms with Crippen LogP contribution in [0.4, 0.5) is 10.1 Å². The number of amides is 2. The molecule has 2 amide bonds. The van der Waals surface area contributed by atoms with E-state index in [2.05, 4.69) is 10.6 Å². The molecule has 5 rings (SSSR count). The molecule has 0 bridgehead atoms. The Hall–Kier alpha value is -2.15. The summed E-state index contributed by atoms with van der Waals surface area (Å²) in [7, 11) is 0. The van der Waals surface area contributed by atoms with Gasteiger partial charge in [-0.2, -0.15) is 0 Å². The molecular weight excluding hydrogens is 440 g/mol. The molecule has 3 unspecified atom stereocenters. The Kier molecular flexibility index (Phi) is 4.81. The van der Waals surface area contributed by atoms with Crippen molar-refractivity contribution in [2.24, 2.45) is 5.73 Å². The Balaban J connectivity index is 1.86. The zero-order chi connectivity index (χ0) is 22.0. The summed E-state index contributed by atoms with van der Waals surface area (Å²) < 4.78 is 15.4. The quantitative estimate of drug-likeness (QED) is 0.624. The van der Waals surface area contributed by atoms with Gasteiger partial charge in [0.25, 0.3) is 0 Å². The lowest BCUT2D eigenvalue weighted by atomic mass is 9.55. The highest BCUT2D eigenvalue weighted by Crippen LogP contribution is 2.62. The Morgan fingerprint density at radius 1 is 1.13 bits per heavy atom. The van der Waals surface area contributed by atoms with Crippen LogP contribution in [0.3, 0.4) is 0 Å². The van der Waals surface area contributed by atoms with Gasteiger partial charge in [0.05, 0.1) is 11.1 Å². The van der Waals surface area contributed by atoms with Crippen molar-refractivity contribution >= 4 is 40.7 Å². The van der Waals surface area contributed by atoms with Gasteiger partial charge in [0.15, 0.2) is 0 Å². The lowest BCUT2D eigenvalue weighted by molar-refractivity contribution is -0.124. The number of benzene rings is 2. The van der Waals surface area contributed by atoms with Gasteiger partial charge in [-0.25, -0.2) is 4.39 Å². The van der Waals surface area contributed by atoms with Gasteiger partial charge < -0.3 is 11.1 Å². The largest absolute Gasteiger partial charge is 0.368 e. The smallest absolute Gasteiger partial charge is 0.237 e. The molecule has 162 valence electrons. The second-order valence-electron chi connectivity index (χ2n) is 8.74. The van der Waals surface area contributed by atoms with Crippen LogP contribution in [-0.4, -0.2) is 23.4 Å². The third-order valence-corrected chi connectivity index (χ3v) is 7.86. The molecule has 2 spiro atoms. The number of fused-ring (bicyclic) bond motifs is 3. The number of halogens is 3. The van der Waals surface area contributed by atoms with Crippen LogP contribution in [0.25, 0.3) is 0 Å². The number of carbonyl (C=O) groups excluding carboxylic acids is 2. The number of rotatable bonds is 2. The minimum absolute atomic E-state index is 0.0600. The molecule has 5 nitrogen and oxygen atoms in total. The van der Waals surface area contributed by atoms with E-state index < -0.39 is 34.6 Å². The molecule has 2 aromatic rings. The molecule has 2 aromatic carbocycles. The van der Waals surface area contributed by atoms with Crippen molar-refractivity contribution in [3.8, 4) is 0 Å². The summed E-state index contributed by atoms with van der Waals surface area (Å²) in [5, 5.41) is 6.83. The molecule has 0 aromatic heterocycles. The first kappa shape index (κ1) is 20.7. The molecule has 2 heterocycles. The van der Waals surface area contributed by atoms with Crippen molar-refractivity contribution < 1.29 is 14.0 Å². The molecule has 0 radical (unpaired) electrons. The Morgan fingerprint density at radius 3 is 2.58 bits per heavy atom. The molecule has 1 saturated heterocycles. The highest BCUT2D eigenvalue weighted by molar-refractivity contribution is 6.31. The van der Waals surface area contributed by atoms with E-state index >= 15 is 4.39 Å². The predicted molar refractivity (Wildman–Crippen MR) is 118 cm³/mol. The minimum Gasteiger partial charge on any atom is -0.368 e. The number of hydrogen-bond donors (Lipinski definition) is 3. The SMILES string of the molecule is NC(=O)C1NC2(CCCCC2)C2(C(=O)Nc3cc(Cl)ccc32)C1c1cccc(Cl)c1F. The standard InChI is InChI=1S/C23H22Cl2FN3O2/c24-12-7-8-14-16(11-12)28-21(31)23(14)17(13-5-4-6-15(25)18(13)26)19(20(27)30)29-22(23)9-2-1-3-10-22/h4-8,11,17,19,29H,1-3,9-10H2,(H2,27,30)(H,28,31). The summed E-state index contributed by atoms with van der Waals surface area (Å²) in [6.45, 7) is 0. The van der Waals surface area contributed by atoms with E-state index in [4.69, 9.17) is 28.9 Å². The summed E-state index contributed by atoms with van der Waals surface area (Å²) in [5.74, 6) is -2.39. The van der Waals surface area contributed by atoms with E-state index in [1.165, 1.54) is 6.07 Å². The predicted octanol–water partition coefficient (Wildman–Crippen LogP) is 4.27. The summed E-state index contributed by atoms with van der Waals surface area (Å²) in [4.78, 5) is 26.6. The molecule has 1 aliphatic carbocycles. The Morgan fingerprint density at radius 2 is 1.87 bits per heavy atom. The van der Waals surface area contributed by atoms with Crippen LogP contribution in [0.1, 0.15) is 49.1 Å². The zero-order valence-electron chi connectivity index (χ0n) is 16.7. The van der Waals surface area contributed by atoms with Gasteiger partial charge in [0.2, 0.25) is 11.8 Å². The topological polar surface area (TPSA) is 84.2 Å². The highest BCUT2D eigenvalue weighted by Gasteiger charge is 2.72. The summed E-state index contributed by atoms with van der Waals surface area (Å²) >= 11 is 12.3. The second kappa shape index (κ2) is 7.19. The number of primary amides is 1. The van der Waals surface area contributed by atoms with Gasteiger partial charge in [0, 0.05) is 22.2 Å². The van der Waals surface area contributed by atoms with Gasteiger partial charge in [-0.3, -0.25) is 14.9 Å². The Labute approximate surface area is 189 Å². The van der Waals surface area contributed by atoms with Crippen molar-refractivity contribution in [2.45, 2.75) is 55.0 Å². The van der Waals surface area contributed by atoms with Crippen LogP contribution >= 0.6 is 23.2 Å². The molecule has 3 atom stereocenters. The summed E-state index contributed by atoms with van der Waals surface area (Å²) in [6, 6.07) is 8.98. The van der Waals surface area contributed by atoms with Crippen molar-refractivity contribution in [2.75, 3.05) is 5.32 Å². The van der Waals surface area contributed by atoms with Crippen molar-refractivity contribution in [1.29, 1.82) is 0 Å². The maximum Gasteiger partial charge on any atom is 0.237 e. The molecule has 2 fully saturated rings. The molecule has 1 saturated carbocycles. The fraction of sp³-hybridized carbons (Fsp3) is 0.391. The summed E-state index contributed by atoms with van der Waals surface area (Å²) in [5.41, 5.74) is 5.38. The Bertz CT molecular complexity index is 1100. The van der Waals surface area contributed by atoms with E-state index in [1.54, 1.807) is 24.3 Å². The maximum absolute atomic E-state index is 15.4. The number of hydrogen-bond acceptors (Lipinski definition) is 3. The van der Waals surface area contributed by atoms with Gasteiger partial charge in [-0.05, 0) is 42.2 Å². The van der Waals surface area contributed by atoms with Crippen LogP contribution in [0.15, 0.2) is 36.4 Å². The van der Waals surface area contributed by atoms with Crippen molar-refractivity contribution in [3.05, 3.63) is 63.4 Å². The molecule has 2 aliphatic heterocycles. The second-order valence-corrected chi connectivity index (χ2v) is 9.58. The normalized spacial score (nSPS) is 28.7. The van der Waals surface area contributed by atoms with Crippen LogP contribution in [0.2, 0.25) is 10.0 Å². The first-order valence-electron chi connectivity index (χ1n) is 10.4. The fourth-order valence-corrected chi connectivity index (χ4v) is 6.59. The third kappa shape index (κ3) is 2.71. The third-order valence-electron chi connectivity index (χ3n) is 7.33. The van der Waals surface area contributed by atoms with E-state index in [9.17, 15) is 9.59 Å². The minimum atomic E-state index is -1.22. The number of anilines is 1. The van der Waals surface area contributed by atoms with Crippen LogP contribution in [0, 0.1) is 5.82 Å². The monoisotopic (exact) mass is 461 g/mol. The maximum atomic E-state index is 15.4. The van der Waals surface area contributed by atoms with E-state index in [-0.39, 0.29) is 16.5 Å². The lowest BCUT2D eigenvalue weighted by Crippen LogP contribution is -2.60. The summed E-state index contributed by atoms with van der Waals surface area (Å²) in [6.07, 6.45) is 4.16. The van der Waals surface area contributed by atoms with Gasteiger partial charge in [-0.1, -0.05) is 60.7 Å². The first-order valence-corrected chi connectivity index (χ1v) is 11.2. The highest BCUT2D eigenvalue weighted by atomic mass is 35.5. The molecule has 31 heavy (non-hydrogen) atoms. The number of nitrogens with two attached hydrogens (primary N) is 1.